The van der Waals surface area contributed by atoms with Crippen molar-refractivity contribution >= 4 is 5.69 Å². The van der Waals surface area contributed by atoms with Gasteiger partial charge in [-0.1, -0.05) is 12.1 Å². The second-order valence-corrected chi connectivity index (χ2v) is 4.20. The van der Waals surface area contributed by atoms with Gasteiger partial charge in [0.15, 0.2) is 0 Å². The van der Waals surface area contributed by atoms with Gasteiger partial charge in [0.25, 0.3) is 0 Å². The maximum atomic E-state index is 12.9. The van der Waals surface area contributed by atoms with Gasteiger partial charge >= 0.3 is 0 Å². The van der Waals surface area contributed by atoms with Gasteiger partial charge < -0.3 is 15.2 Å². The lowest BCUT2D eigenvalue weighted by atomic mass is 10.2. The maximum Gasteiger partial charge on any atom is 0.142 e. The first-order valence-corrected chi connectivity index (χ1v) is 6.02. The summed E-state index contributed by atoms with van der Waals surface area (Å²) in [5.74, 6) is 0.810. The van der Waals surface area contributed by atoms with Crippen LogP contribution in [0.1, 0.15) is 5.56 Å². The molecule has 0 aliphatic carbocycles. The highest BCUT2D eigenvalue weighted by Gasteiger charge is 2.01. The standard InChI is InChI=1S/C15H16FNO2/c1-11-5-6-14(17)15(9-11)19-8-7-18-13-4-2-3-12(16)10-13/h2-6,9-10H,7-8,17H2,1H3. The topological polar surface area (TPSA) is 44.5 Å². The molecule has 0 aromatic heterocycles. The summed E-state index contributed by atoms with van der Waals surface area (Å²) in [6, 6.07) is 11.6. The molecule has 0 amide bonds. The zero-order valence-electron chi connectivity index (χ0n) is 10.7. The van der Waals surface area contributed by atoms with Crippen LogP contribution in [0.2, 0.25) is 0 Å². The van der Waals surface area contributed by atoms with Gasteiger partial charge in [0, 0.05) is 6.07 Å². The summed E-state index contributed by atoms with van der Waals surface area (Å²) in [7, 11) is 0. The van der Waals surface area contributed by atoms with E-state index < -0.39 is 0 Å². The van der Waals surface area contributed by atoms with Crippen LogP contribution in [0.25, 0.3) is 0 Å². The Morgan fingerprint density at radius 1 is 1.05 bits per heavy atom. The van der Waals surface area contributed by atoms with Gasteiger partial charge in [-0.2, -0.15) is 0 Å². The first-order chi connectivity index (χ1) is 9.15. The molecule has 19 heavy (non-hydrogen) atoms. The molecule has 2 aromatic carbocycles. The predicted molar refractivity (Wildman–Crippen MR) is 73.0 cm³/mol. The second kappa shape index (κ2) is 6.09. The first kappa shape index (κ1) is 13.2. The summed E-state index contributed by atoms with van der Waals surface area (Å²) in [6.45, 7) is 2.65. The summed E-state index contributed by atoms with van der Waals surface area (Å²) >= 11 is 0. The van der Waals surface area contributed by atoms with E-state index in [0.717, 1.165) is 5.56 Å². The van der Waals surface area contributed by atoms with Crippen LogP contribution in [0.5, 0.6) is 11.5 Å². The smallest absolute Gasteiger partial charge is 0.142 e. The number of benzene rings is 2. The largest absolute Gasteiger partial charge is 0.490 e. The summed E-state index contributed by atoms with van der Waals surface area (Å²) in [5, 5.41) is 0. The van der Waals surface area contributed by atoms with Crippen LogP contribution in [0, 0.1) is 12.7 Å². The summed E-state index contributed by atoms with van der Waals surface area (Å²) in [6.07, 6.45) is 0. The highest BCUT2D eigenvalue weighted by Crippen LogP contribution is 2.22. The maximum absolute atomic E-state index is 12.9. The molecule has 0 saturated carbocycles. The van der Waals surface area contributed by atoms with E-state index in [4.69, 9.17) is 15.2 Å². The molecule has 0 bridgehead atoms. The Labute approximate surface area is 111 Å². The summed E-state index contributed by atoms with van der Waals surface area (Å²) in [5.41, 5.74) is 7.46. The highest BCUT2D eigenvalue weighted by atomic mass is 19.1. The Hall–Kier alpha value is -2.23. The first-order valence-electron chi connectivity index (χ1n) is 6.02. The monoisotopic (exact) mass is 261 g/mol. The van der Waals surface area contributed by atoms with Crippen molar-refractivity contribution in [3.63, 3.8) is 0 Å². The van der Waals surface area contributed by atoms with Gasteiger partial charge in [-0.05, 0) is 36.8 Å². The van der Waals surface area contributed by atoms with Crippen molar-refractivity contribution in [3.05, 3.63) is 53.8 Å². The Kier molecular flexibility index (Phi) is 4.23. The SMILES string of the molecule is Cc1ccc(N)c(OCCOc2cccc(F)c2)c1. The molecule has 2 rings (SSSR count). The van der Waals surface area contributed by atoms with Crippen molar-refractivity contribution in [2.75, 3.05) is 18.9 Å². The van der Waals surface area contributed by atoms with E-state index in [2.05, 4.69) is 0 Å². The van der Waals surface area contributed by atoms with Crippen LogP contribution in [-0.4, -0.2) is 13.2 Å². The van der Waals surface area contributed by atoms with Crippen molar-refractivity contribution in [2.24, 2.45) is 0 Å². The molecular weight excluding hydrogens is 245 g/mol. The fourth-order valence-electron chi connectivity index (χ4n) is 1.63. The van der Waals surface area contributed by atoms with Crippen molar-refractivity contribution in [3.8, 4) is 11.5 Å². The normalized spacial score (nSPS) is 10.2. The van der Waals surface area contributed by atoms with Gasteiger partial charge in [0.2, 0.25) is 0 Å². The number of hydrogen-bond acceptors (Lipinski definition) is 3. The van der Waals surface area contributed by atoms with Crippen molar-refractivity contribution < 1.29 is 13.9 Å². The number of rotatable bonds is 5. The number of nitrogen functional groups attached to an aromatic ring is 1. The molecule has 2 aromatic rings. The van der Waals surface area contributed by atoms with Crippen LogP contribution < -0.4 is 15.2 Å². The summed E-state index contributed by atoms with van der Waals surface area (Å²) in [4.78, 5) is 0. The van der Waals surface area contributed by atoms with Crippen LogP contribution in [0.15, 0.2) is 42.5 Å². The second-order valence-electron chi connectivity index (χ2n) is 4.20. The van der Waals surface area contributed by atoms with Gasteiger partial charge in [0.1, 0.15) is 30.5 Å². The molecular formula is C15H16FNO2. The number of hydrogen-bond donors (Lipinski definition) is 1. The van der Waals surface area contributed by atoms with Crippen molar-refractivity contribution in [1.82, 2.24) is 0 Å². The molecule has 3 nitrogen and oxygen atoms in total. The molecule has 0 atom stereocenters. The molecule has 100 valence electrons. The molecule has 0 aliphatic heterocycles. The Morgan fingerprint density at radius 2 is 1.84 bits per heavy atom. The van der Waals surface area contributed by atoms with E-state index in [1.165, 1.54) is 12.1 Å². The van der Waals surface area contributed by atoms with Gasteiger partial charge in [-0.25, -0.2) is 4.39 Å². The average molecular weight is 261 g/mol. The van der Waals surface area contributed by atoms with E-state index in [9.17, 15) is 4.39 Å². The fourth-order valence-corrected chi connectivity index (χ4v) is 1.63. The van der Waals surface area contributed by atoms with Crippen LogP contribution in [0.4, 0.5) is 10.1 Å². The van der Waals surface area contributed by atoms with Gasteiger partial charge in [-0.3, -0.25) is 0 Å². The third kappa shape index (κ3) is 3.88. The van der Waals surface area contributed by atoms with E-state index in [1.807, 2.05) is 19.1 Å². The molecule has 2 N–H and O–H groups in total. The molecule has 0 fully saturated rings. The molecule has 0 aliphatic rings. The van der Waals surface area contributed by atoms with Crippen LogP contribution in [-0.2, 0) is 0 Å². The lowest BCUT2D eigenvalue weighted by Crippen LogP contribution is -2.10. The molecule has 0 saturated heterocycles. The van der Waals surface area contributed by atoms with E-state index >= 15 is 0 Å². The number of nitrogens with two attached hydrogens (primary N) is 1. The van der Waals surface area contributed by atoms with Gasteiger partial charge in [-0.15, -0.1) is 0 Å². The Morgan fingerprint density at radius 3 is 2.63 bits per heavy atom. The third-order valence-corrected chi connectivity index (χ3v) is 2.57. The minimum absolute atomic E-state index is 0.318. The molecule has 4 heteroatoms. The number of aryl methyl sites for hydroxylation is 1. The van der Waals surface area contributed by atoms with E-state index in [1.54, 1.807) is 18.2 Å². The minimum Gasteiger partial charge on any atom is -0.490 e. The highest BCUT2D eigenvalue weighted by molar-refractivity contribution is 5.53. The number of anilines is 1. The lowest BCUT2D eigenvalue weighted by molar-refractivity contribution is 0.217. The van der Waals surface area contributed by atoms with E-state index in [0.29, 0.717) is 30.4 Å². The molecule has 0 unspecified atom stereocenters. The lowest BCUT2D eigenvalue weighted by Gasteiger charge is -2.10. The zero-order valence-corrected chi connectivity index (χ0v) is 10.7. The van der Waals surface area contributed by atoms with Gasteiger partial charge in [0.05, 0.1) is 5.69 Å². The Bertz CT molecular complexity index is 558. The van der Waals surface area contributed by atoms with Crippen LogP contribution >= 0.6 is 0 Å². The van der Waals surface area contributed by atoms with Crippen molar-refractivity contribution in [2.45, 2.75) is 6.92 Å². The number of halogens is 1. The Balaban J connectivity index is 1.82. The quantitative estimate of drug-likeness (QED) is 0.664. The van der Waals surface area contributed by atoms with Crippen molar-refractivity contribution in [1.29, 1.82) is 0 Å². The predicted octanol–water partition coefficient (Wildman–Crippen LogP) is 3.17. The molecule has 0 radical (unpaired) electrons. The number of ether oxygens (including phenoxy) is 2. The minimum atomic E-state index is -0.318. The summed E-state index contributed by atoms with van der Waals surface area (Å²) < 4.78 is 23.8. The van der Waals surface area contributed by atoms with E-state index in [-0.39, 0.29) is 5.82 Å². The zero-order chi connectivity index (χ0) is 13.7. The third-order valence-electron chi connectivity index (χ3n) is 2.57. The fraction of sp³-hybridized carbons (Fsp3) is 0.200. The molecule has 0 heterocycles. The molecule has 0 spiro atoms. The average Bonchev–Trinajstić information content (AvgIpc) is 2.39. The van der Waals surface area contributed by atoms with Crippen LogP contribution in [0.3, 0.4) is 0 Å².